The average Bonchev–Trinajstić information content (AvgIpc) is 2.05. The third-order valence-corrected chi connectivity index (χ3v) is 1.88. The third kappa shape index (κ3) is 2.38. The van der Waals surface area contributed by atoms with Gasteiger partial charge in [-0.2, -0.15) is 0 Å². The number of ether oxygens (including phenoxy) is 1. The summed E-state index contributed by atoms with van der Waals surface area (Å²) in [6.07, 6.45) is -3.66. The van der Waals surface area contributed by atoms with Gasteiger partial charge in [0.05, 0.1) is 12.6 Å². The van der Waals surface area contributed by atoms with Crippen molar-refractivity contribution in [1.82, 2.24) is 5.32 Å². The van der Waals surface area contributed by atoms with E-state index in [9.17, 15) is 15.0 Å². The Balaban J connectivity index is 2.60. The molecule has 0 saturated carbocycles. The molecule has 0 spiro atoms. The van der Waals surface area contributed by atoms with E-state index in [0.717, 1.165) is 0 Å². The fourth-order valence-corrected chi connectivity index (χ4v) is 1.22. The molecule has 1 aliphatic rings. The molecule has 0 bridgehead atoms. The Kier molecular flexibility index (Phi) is 3.21. The lowest BCUT2D eigenvalue weighted by Crippen LogP contribution is -2.60. The minimum absolute atomic E-state index is 0.108. The van der Waals surface area contributed by atoms with Crippen molar-refractivity contribution in [2.75, 3.05) is 6.61 Å². The maximum atomic E-state index is 10.7. The van der Waals surface area contributed by atoms with Gasteiger partial charge in [0.25, 0.3) is 0 Å². The second-order valence-corrected chi connectivity index (χ2v) is 3.01. The Morgan fingerprint density at radius 1 is 1.46 bits per heavy atom. The number of nitrogens with one attached hydrogen (secondary N) is 1. The number of aliphatic hydroxyl groups excluding tert-OH is 3. The summed E-state index contributed by atoms with van der Waals surface area (Å²) in [5.41, 5.74) is 0. The van der Waals surface area contributed by atoms with Crippen molar-refractivity contribution >= 4 is 5.91 Å². The van der Waals surface area contributed by atoms with Gasteiger partial charge in [0.1, 0.15) is 12.2 Å². The SMILES string of the molecule is CC(=O)N[C@H]1[C@H](O)COC(O)[C@@H]1O. The molecule has 1 aliphatic heterocycles. The van der Waals surface area contributed by atoms with Crippen LogP contribution in [-0.2, 0) is 9.53 Å². The zero-order chi connectivity index (χ0) is 10.0. The minimum atomic E-state index is -1.36. The Bertz CT molecular complexity index is 197. The predicted octanol–water partition coefficient (Wildman–Crippen LogP) is -2.44. The molecule has 6 heteroatoms. The maximum Gasteiger partial charge on any atom is 0.217 e. The minimum Gasteiger partial charge on any atom is -0.388 e. The number of hydrogen-bond donors (Lipinski definition) is 4. The average molecular weight is 191 g/mol. The zero-order valence-electron chi connectivity index (χ0n) is 7.17. The summed E-state index contributed by atoms with van der Waals surface area (Å²) in [5.74, 6) is -0.378. The van der Waals surface area contributed by atoms with Crippen LogP contribution >= 0.6 is 0 Å². The Hall–Kier alpha value is -0.690. The second kappa shape index (κ2) is 4.01. The van der Waals surface area contributed by atoms with Gasteiger partial charge in [-0.05, 0) is 0 Å². The number of hydrogen-bond acceptors (Lipinski definition) is 5. The lowest BCUT2D eigenvalue weighted by Gasteiger charge is -2.35. The van der Waals surface area contributed by atoms with Gasteiger partial charge < -0.3 is 25.4 Å². The summed E-state index contributed by atoms with van der Waals surface area (Å²) in [5, 5.41) is 30.0. The molecule has 0 aromatic heterocycles. The number of aliphatic hydroxyl groups is 3. The molecular formula is C7H13NO5. The molecule has 0 aliphatic carbocycles. The zero-order valence-corrected chi connectivity index (χ0v) is 7.17. The van der Waals surface area contributed by atoms with E-state index in [-0.39, 0.29) is 12.5 Å². The molecule has 13 heavy (non-hydrogen) atoms. The lowest BCUT2D eigenvalue weighted by molar-refractivity contribution is -0.223. The highest BCUT2D eigenvalue weighted by atomic mass is 16.6. The van der Waals surface area contributed by atoms with Gasteiger partial charge in [-0.25, -0.2) is 0 Å². The molecule has 6 nitrogen and oxygen atoms in total. The molecule has 4 atom stereocenters. The van der Waals surface area contributed by atoms with Crippen molar-refractivity contribution in [2.45, 2.75) is 31.5 Å². The molecule has 1 rings (SSSR count). The first-order valence-corrected chi connectivity index (χ1v) is 3.95. The van der Waals surface area contributed by atoms with E-state index < -0.39 is 24.5 Å². The predicted molar refractivity (Wildman–Crippen MR) is 41.6 cm³/mol. The topological polar surface area (TPSA) is 99.0 Å². The first-order valence-electron chi connectivity index (χ1n) is 3.95. The fraction of sp³-hybridized carbons (Fsp3) is 0.857. The highest BCUT2D eigenvalue weighted by Crippen LogP contribution is 2.13. The molecule has 76 valence electrons. The van der Waals surface area contributed by atoms with Gasteiger partial charge >= 0.3 is 0 Å². The van der Waals surface area contributed by atoms with E-state index in [4.69, 9.17) is 5.11 Å². The normalized spacial score (nSPS) is 40.0. The maximum absolute atomic E-state index is 10.7. The van der Waals surface area contributed by atoms with Crippen molar-refractivity contribution in [3.05, 3.63) is 0 Å². The van der Waals surface area contributed by atoms with Crippen molar-refractivity contribution in [3.63, 3.8) is 0 Å². The number of amides is 1. The van der Waals surface area contributed by atoms with Crippen LogP contribution in [0, 0.1) is 0 Å². The number of carbonyl (C=O) groups is 1. The standard InChI is InChI=1S/C7H13NO5/c1-3(9)8-5-4(10)2-13-7(12)6(5)11/h4-7,10-12H,2H2,1H3,(H,8,9)/t4-,5+,6-,7?/m1/s1. The summed E-state index contributed by atoms with van der Waals surface area (Å²) >= 11 is 0. The van der Waals surface area contributed by atoms with Crippen molar-refractivity contribution in [2.24, 2.45) is 0 Å². The Morgan fingerprint density at radius 3 is 2.62 bits per heavy atom. The molecule has 1 unspecified atom stereocenters. The van der Waals surface area contributed by atoms with Gasteiger partial charge in [0.15, 0.2) is 6.29 Å². The molecule has 0 radical (unpaired) electrons. The van der Waals surface area contributed by atoms with Gasteiger partial charge in [-0.1, -0.05) is 0 Å². The van der Waals surface area contributed by atoms with Crippen LogP contribution in [0.25, 0.3) is 0 Å². The molecular weight excluding hydrogens is 178 g/mol. The first-order chi connectivity index (χ1) is 6.02. The molecule has 0 aromatic carbocycles. The molecule has 4 N–H and O–H groups in total. The van der Waals surface area contributed by atoms with E-state index in [0.29, 0.717) is 0 Å². The Morgan fingerprint density at radius 2 is 2.08 bits per heavy atom. The van der Waals surface area contributed by atoms with Crippen LogP contribution in [0.2, 0.25) is 0 Å². The van der Waals surface area contributed by atoms with Gasteiger partial charge in [0.2, 0.25) is 5.91 Å². The van der Waals surface area contributed by atoms with Crippen LogP contribution in [0.15, 0.2) is 0 Å². The largest absolute Gasteiger partial charge is 0.388 e. The van der Waals surface area contributed by atoms with Crippen LogP contribution < -0.4 is 5.32 Å². The quantitative estimate of drug-likeness (QED) is 0.369. The van der Waals surface area contributed by atoms with E-state index in [1.807, 2.05) is 0 Å². The molecule has 1 saturated heterocycles. The molecule has 0 aromatic rings. The van der Waals surface area contributed by atoms with E-state index in [2.05, 4.69) is 10.1 Å². The van der Waals surface area contributed by atoms with Crippen LogP contribution in [0.4, 0.5) is 0 Å². The van der Waals surface area contributed by atoms with Crippen LogP contribution in [-0.4, -0.2) is 52.4 Å². The fourth-order valence-electron chi connectivity index (χ4n) is 1.22. The van der Waals surface area contributed by atoms with Gasteiger partial charge in [-0.15, -0.1) is 0 Å². The third-order valence-electron chi connectivity index (χ3n) is 1.88. The van der Waals surface area contributed by atoms with Crippen LogP contribution in [0.3, 0.4) is 0 Å². The van der Waals surface area contributed by atoms with Gasteiger partial charge in [0, 0.05) is 6.92 Å². The molecule has 1 fully saturated rings. The summed E-state index contributed by atoms with van der Waals surface area (Å²) < 4.78 is 4.62. The summed E-state index contributed by atoms with van der Waals surface area (Å²) in [6, 6.07) is -0.874. The second-order valence-electron chi connectivity index (χ2n) is 3.01. The molecule has 1 amide bonds. The first kappa shape index (κ1) is 10.4. The summed E-state index contributed by atoms with van der Waals surface area (Å²) in [7, 11) is 0. The van der Waals surface area contributed by atoms with Crippen molar-refractivity contribution < 1.29 is 24.9 Å². The van der Waals surface area contributed by atoms with E-state index >= 15 is 0 Å². The van der Waals surface area contributed by atoms with Crippen molar-refractivity contribution in [3.8, 4) is 0 Å². The highest BCUT2D eigenvalue weighted by Gasteiger charge is 2.38. The van der Waals surface area contributed by atoms with Crippen LogP contribution in [0.1, 0.15) is 6.92 Å². The summed E-state index contributed by atoms with van der Waals surface area (Å²) in [6.45, 7) is 1.16. The Labute approximate surface area is 75.1 Å². The van der Waals surface area contributed by atoms with Crippen molar-refractivity contribution in [1.29, 1.82) is 0 Å². The summed E-state index contributed by atoms with van der Waals surface area (Å²) in [4.78, 5) is 10.7. The molecule has 1 heterocycles. The highest BCUT2D eigenvalue weighted by molar-refractivity contribution is 5.73. The van der Waals surface area contributed by atoms with Gasteiger partial charge in [-0.3, -0.25) is 4.79 Å². The lowest BCUT2D eigenvalue weighted by atomic mass is 10.0. The monoisotopic (exact) mass is 191 g/mol. The smallest absolute Gasteiger partial charge is 0.217 e. The van der Waals surface area contributed by atoms with E-state index in [1.54, 1.807) is 0 Å². The van der Waals surface area contributed by atoms with Crippen LogP contribution in [0.5, 0.6) is 0 Å². The number of rotatable bonds is 1. The number of carbonyl (C=O) groups excluding carboxylic acids is 1. The van der Waals surface area contributed by atoms with E-state index in [1.165, 1.54) is 6.92 Å².